The average Bonchev–Trinajstić information content (AvgIpc) is 3.84. The van der Waals surface area contributed by atoms with E-state index in [9.17, 15) is 52.5 Å². The summed E-state index contributed by atoms with van der Waals surface area (Å²) in [6.45, 7) is 1.05. The first kappa shape index (κ1) is 49.5. The molecule has 1 amide bonds. The zero-order valence-electron chi connectivity index (χ0n) is 34.9. The third kappa shape index (κ3) is 12.8. The van der Waals surface area contributed by atoms with Gasteiger partial charge >= 0.3 is 39.4 Å². The molecule has 26 nitrogen and oxygen atoms in total. The van der Waals surface area contributed by atoms with Gasteiger partial charge in [0.1, 0.15) is 50.1 Å². The number of H-pyrrole nitrogens is 2. The Hall–Kier alpha value is -5.56. The zero-order chi connectivity index (χ0) is 46.9. The van der Waals surface area contributed by atoms with Crippen LogP contribution in [0, 0.1) is 13.8 Å². The summed E-state index contributed by atoms with van der Waals surface area (Å²) >= 11 is 0. The van der Waals surface area contributed by atoms with Crippen LogP contribution in [0.25, 0.3) is 0 Å². The molecule has 2 aliphatic rings. The van der Waals surface area contributed by atoms with Crippen molar-refractivity contribution in [1.82, 2.24) is 24.4 Å². The molecule has 5 rings (SSSR count). The van der Waals surface area contributed by atoms with E-state index in [2.05, 4.69) is 15.3 Å². The molecule has 0 bridgehead atoms. The number of phosphoric acid groups is 1. The number of carbonyl (C=O) groups excluding carboxylic acids is 3. The van der Waals surface area contributed by atoms with Crippen LogP contribution in [0.4, 0.5) is 0 Å². The summed E-state index contributed by atoms with van der Waals surface area (Å²) in [5.41, 5.74) is -2.65. The maximum absolute atomic E-state index is 13.4. The Morgan fingerprint density at radius 3 is 1.91 bits per heavy atom. The van der Waals surface area contributed by atoms with Crippen LogP contribution in [0.5, 0.6) is 17.2 Å². The molecule has 8 atom stereocenters. The van der Waals surface area contributed by atoms with Crippen molar-refractivity contribution in [3.05, 3.63) is 82.9 Å². The monoisotopic (exact) mass is 946 g/mol. The van der Waals surface area contributed by atoms with Gasteiger partial charge in [-0.25, -0.2) is 14.2 Å². The minimum Gasteiger partial charge on any atom is -0.493 e. The molecule has 28 heteroatoms. The normalized spacial score (nSPS) is 21.7. The Morgan fingerprint density at radius 1 is 0.844 bits per heavy atom. The number of benzene rings is 1. The summed E-state index contributed by atoms with van der Waals surface area (Å²) in [5, 5.41) is 2.58. The summed E-state index contributed by atoms with van der Waals surface area (Å²) in [6, 6.07) is 2.87. The first-order chi connectivity index (χ1) is 30.3. The molecule has 2 aliphatic heterocycles. The quantitative estimate of drug-likeness (QED) is 0.0538. The number of nitrogens with one attached hydrogen (secondary N) is 3. The van der Waals surface area contributed by atoms with E-state index in [4.69, 9.17) is 46.7 Å². The van der Waals surface area contributed by atoms with Crippen molar-refractivity contribution in [2.24, 2.45) is 0 Å². The third-order valence-corrected chi connectivity index (χ3v) is 11.1. The van der Waals surface area contributed by atoms with Crippen molar-refractivity contribution in [3.63, 3.8) is 0 Å². The topological polar surface area (TPSA) is 340 Å². The van der Waals surface area contributed by atoms with Crippen molar-refractivity contribution < 1.29 is 80.0 Å². The van der Waals surface area contributed by atoms with E-state index in [0.29, 0.717) is 0 Å². The second-order valence-electron chi connectivity index (χ2n) is 14.0. The largest absolute Gasteiger partial charge is 0.694 e. The van der Waals surface area contributed by atoms with Crippen molar-refractivity contribution in [1.29, 1.82) is 0 Å². The van der Waals surface area contributed by atoms with Gasteiger partial charge in [-0.2, -0.15) is 0 Å². The van der Waals surface area contributed by atoms with Crippen LogP contribution >= 0.6 is 16.1 Å². The number of aromatic nitrogens is 4. The fourth-order valence-corrected chi connectivity index (χ4v) is 7.77. The lowest BCUT2D eigenvalue weighted by Gasteiger charge is -2.23. The first-order valence-electron chi connectivity index (χ1n) is 19.2. The highest BCUT2D eigenvalue weighted by Crippen LogP contribution is 2.49. The van der Waals surface area contributed by atoms with Crippen molar-refractivity contribution in [2.75, 3.05) is 47.7 Å². The second kappa shape index (κ2) is 21.9. The number of ether oxygens (including phenoxy) is 7. The lowest BCUT2D eigenvalue weighted by molar-refractivity contribution is -0.156. The maximum Gasteiger partial charge on any atom is 0.694 e. The van der Waals surface area contributed by atoms with Gasteiger partial charge in [-0.1, -0.05) is 0 Å². The zero-order valence-corrected chi connectivity index (χ0v) is 36.7. The number of nitrogens with zero attached hydrogens (tertiary/aromatic N) is 2. The minimum absolute atomic E-state index is 0.0994. The van der Waals surface area contributed by atoms with Crippen molar-refractivity contribution in [2.45, 2.75) is 76.4 Å². The smallest absolute Gasteiger partial charge is 0.493 e. The molecule has 2 aromatic heterocycles. The summed E-state index contributed by atoms with van der Waals surface area (Å²) in [5.74, 6) is -1.51. The molecule has 2 saturated heterocycles. The Morgan fingerprint density at radius 2 is 1.38 bits per heavy atom. The number of hydrogen-bond donors (Lipinski definition) is 5. The fourth-order valence-electron chi connectivity index (χ4n) is 6.53. The van der Waals surface area contributed by atoms with E-state index in [1.807, 2.05) is 0 Å². The van der Waals surface area contributed by atoms with Crippen molar-refractivity contribution >= 4 is 33.9 Å². The molecule has 1 aromatic carbocycles. The number of amides is 1. The predicted molar refractivity (Wildman–Crippen MR) is 214 cm³/mol. The number of methoxy groups -OCH3 is 3. The van der Waals surface area contributed by atoms with E-state index in [0.717, 1.165) is 9.13 Å². The number of rotatable bonds is 21. The minimum atomic E-state index is -5.13. The molecule has 0 spiro atoms. The van der Waals surface area contributed by atoms with Gasteiger partial charge in [-0.3, -0.25) is 52.1 Å². The highest BCUT2D eigenvalue weighted by Gasteiger charge is 2.45. The Labute approximate surface area is 362 Å². The van der Waals surface area contributed by atoms with Crippen LogP contribution in [0.2, 0.25) is 0 Å². The lowest BCUT2D eigenvalue weighted by atomic mass is 10.1. The van der Waals surface area contributed by atoms with E-state index in [1.54, 1.807) is 0 Å². The summed E-state index contributed by atoms with van der Waals surface area (Å²) in [4.78, 5) is 112. The molecule has 0 radical (unpaired) electrons. The van der Waals surface area contributed by atoms with Gasteiger partial charge in [-0.05, 0) is 26.0 Å². The van der Waals surface area contributed by atoms with E-state index in [-0.39, 0.29) is 59.9 Å². The second-order valence-corrected chi connectivity index (χ2v) is 16.2. The number of hydrogen-bond acceptors (Lipinski definition) is 19. The van der Waals surface area contributed by atoms with Gasteiger partial charge in [0.15, 0.2) is 11.5 Å². The molecule has 350 valence electrons. The maximum atomic E-state index is 13.4. The van der Waals surface area contributed by atoms with Crippen LogP contribution in [0.3, 0.4) is 0 Å². The van der Waals surface area contributed by atoms with E-state index < -0.39 is 119 Å². The molecule has 3 aromatic rings. The average molecular weight is 947 g/mol. The van der Waals surface area contributed by atoms with Gasteiger partial charge in [0, 0.05) is 46.5 Å². The molecule has 4 unspecified atom stereocenters. The number of carbonyl (C=O) groups is 3. The standard InChI is InChI=1S/C36H45N5O21P2/c1-18-14-40(35(47)38-32(18)44)27-12-21(61-30(43)7-6-29(42)56-9-8-37-34(46)20-10-23(53-3)31(55-5)24(11-20)54-4)26(60-27)17-58-64(51,52)62-22-13-28(59-25(22)16-57-63(49)50)41-15-19(2)33(45)39-36(41)48/h10-11,14-15,21-22,25-28H,6-9,12-13,16-17H2,1-5H3,(H4-,37,38,39,44,45,46,47,48,49,50,51,52)/p+1/t21-,22-,25?,26?,27-,28-/m1/s1. The van der Waals surface area contributed by atoms with E-state index in [1.165, 1.54) is 59.7 Å². The van der Waals surface area contributed by atoms with E-state index >= 15 is 0 Å². The number of aryl methyl sites for hydroxylation is 2. The fraction of sp³-hybridized carbons (Fsp3) is 0.528. The first-order valence-corrected chi connectivity index (χ1v) is 21.8. The summed E-state index contributed by atoms with van der Waals surface area (Å²) < 4.78 is 80.1. The highest BCUT2D eigenvalue weighted by atomic mass is 31.2. The van der Waals surface area contributed by atoms with Crippen LogP contribution in [0.15, 0.2) is 43.7 Å². The highest BCUT2D eigenvalue weighted by molar-refractivity contribution is 7.47. The Kier molecular flexibility index (Phi) is 16.9. The molecule has 0 saturated carbocycles. The molecule has 4 heterocycles. The molecular weight excluding hydrogens is 900 g/mol. The number of esters is 2. The Balaban J connectivity index is 1.19. The van der Waals surface area contributed by atoms with Crippen LogP contribution in [0.1, 0.15) is 59.6 Å². The van der Waals surface area contributed by atoms with Gasteiger partial charge < -0.3 is 43.4 Å². The number of aromatic amines is 2. The van der Waals surface area contributed by atoms with Gasteiger partial charge in [0.05, 0.1) is 47.3 Å². The van der Waals surface area contributed by atoms with Crippen molar-refractivity contribution in [3.8, 4) is 17.2 Å². The molecule has 2 fully saturated rings. The summed E-state index contributed by atoms with van der Waals surface area (Å²) in [6.07, 6.45) is -6.85. The molecule has 0 aliphatic carbocycles. The third-order valence-electron chi connectivity index (χ3n) is 9.69. The van der Waals surface area contributed by atoms with Gasteiger partial charge in [0.25, 0.3) is 17.0 Å². The molecular formula is C36H46N5O21P2+. The predicted octanol–water partition coefficient (Wildman–Crippen LogP) is 0.138. The molecule has 5 N–H and O–H groups in total. The summed E-state index contributed by atoms with van der Waals surface area (Å²) in [7, 11) is -4.09. The Bertz CT molecular complexity index is 2480. The van der Waals surface area contributed by atoms with Gasteiger partial charge in [0.2, 0.25) is 5.75 Å². The number of phosphoric ester groups is 1. The lowest BCUT2D eigenvalue weighted by Crippen LogP contribution is -2.33. The van der Waals surface area contributed by atoms with Crippen LogP contribution < -0.4 is 42.0 Å². The van der Waals surface area contributed by atoms with Crippen LogP contribution in [-0.4, -0.2) is 119 Å². The van der Waals surface area contributed by atoms with Gasteiger partial charge in [-0.15, -0.1) is 9.42 Å². The van der Waals surface area contributed by atoms with Crippen LogP contribution in [-0.2, 0) is 51.2 Å². The SMILES string of the molecule is COc1cc(C(=O)NCCOC(=O)CCC(=O)O[C@@H]2C[C@H](n3cc(C)c(=O)[nH]c3=O)OC2COP(=O)(O)O[C@@H]2C[C@H](n3cc(C)c(=O)[nH]c3=O)OC2CO[P+](=O)O)cc(OC)c1OC. The molecule has 64 heavy (non-hydrogen) atoms.